The van der Waals surface area contributed by atoms with Gasteiger partial charge in [-0.15, -0.1) is 0 Å². The molecule has 0 saturated heterocycles. The fourth-order valence-electron chi connectivity index (χ4n) is 1.38. The SMILES string of the molecule is CCCCCO[Si](C)(C)CCCC. The van der Waals surface area contributed by atoms with Gasteiger partial charge in [-0.3, -0.25) is 0 Å². The van der Waals surface area contributed by atoms with Gasteiger partial charge >= 0.3 is 0 Å². The second kappa shape index (κ2) is 7.57. The molecule has 13 heavy (non-hydrogen) atoms. The smallest absolute Gasteiger partial charge is 0.186 e. The van der Waals surface area contributed by atoms with Crippen LogP contribution in [0, 0.1) is 0 Å². The molecule has 0 aromatic carbocycles. The minimum atomic E-state index is -1.27. The van der Waals surface area contributed by atoms with Crippen molar-refractivity contribution in [2.75, 3.05) is 6.61 Å². The van der Waals surface area contributed by atoms with Gasteiger partial charge in [-0.1, -0.05) is 39.5 Å². The Bertz CT molecular complexity index is 113. The van der Waals surface area contributed by atoms with E-state index in [2.05, 4.69) is 26.9 Å². The van der Waals surface area contributed by atoms with E-state index in [1.165, 1.54) is 38.1 Å². The van der Waals surface area contributed by atoms with Crippen molar-refractivity contribution in [3.8, 4) is 0 Å². The van der Waals surface area contributed by atoms with Gasteiger partial charge in [0.15, 0.2) is 8.32 Å². The molecule has 0 N–H and O–H groups in total. The topological polar surface area (TPSA) is 9.23 Å². The highest BCUT2D eigenvalue weighted by molar-refractivity contribution is 6.71. The highest BCUT2D eigenvalue weighted by Crippen LogP contribution is 2.15. The van der Waals surface area contributed by atoms with Gasteiger partial charge in [0.25, 0.3) is 0 Å². The van der Waals surface area contributed by atoms with Crippen LogP contribution in [0.15, 0.2) is 0 Å². The van der Waals surface area contributed by atoms with E-state index in [1.807, 2.05) is 0 Å². The Morgan fingerprint density at radius 3 is 2.08 bits per heavy atom. The normalized spacial score (nSPS) is 12.0. The fraction of sp³-hybridized carbons (Fsp3) is 1.00. The number of rotatable bonds is 8. The van der Waals surface area contributed by atoms with Gasteiger partial charge < -0.3 is 4.43 Å². The Morgan fingerprint density at radius 2 is 1.54 bits per heavy atom. The summed E-state index contributed by atoms with van der Waals surface area (Å²) < 4.78 is 5.97. The van der Waals surface area contributed by atoms with Crippen LogP contribution in [0.3, 0.4) is 0 Å². The summed E-state index contributed by atoms with van der Waals surface area (Å²) >= 11 is 0. The minimum Gasteiger partial charge on any atom is -0.417 e. The van der Waals surface area contributed by atoms with Crippen LogP contribution in [0.4, 0.5) is 0 Å². The molecule has 0 aromatic heterocycles. The predicted octanol–water partition coefficient (Wildman–Crippen LogP) is 4.20. The second-order valence-corrected chi connectivity index (χ2v) is 8.73. The molecular formula is C11H26OSi. The molecular weight excluding hydrogens is 176 g/mol. The van der Waals surface area contributed by atoms with Crippen molar-refractivity contribution in [2.24, 2.45) is 0 Å². The second-order valence-electron chi connectivity index (χ2n) is 4.42. The Balaban J connectivity index is 3.39. The molecule has 0 fully saturated rings. The van der Waals surface area contributed by atoms with Gasteiger partial charge in [0.1, 0.15) is 0 Å². The van der Waals surface area contributed by atoms with Crippen molar-refractivity contribution < 1.29 is 4.43 Å². The number of unbranched alkanes of at least 4 members (excludes halogenated alkanes) is 3. The highest BCUT2D eigenvalue weighted by Gasteiger charge is 2.20. The van der Waals surface area contributed by atoms with Crippen LogP contribution in [-0.4, -0.2) is 14.9 Å². The monoisotopic (exact) mass is 202 g/mol. The number of hydrogen-bond donors (Lipinski definition) is 0. The van der Waals surface area contributed by atoms with E-state index in [9.17, 15) is 0 Å². The van der Waals surface area contributed by atoms with E-state index in [0.717, 1.165) is 6.61 Å². The van der Waals surface area contributed by atoms with Crippen molar-refractivity contribution in [3.63, 3.8) is 0 Å². The van der Waals surface area contributed by atoms with Crippen LogP contribution in [0.2, 0.25) is 19.1 Å². The Labute approximate surface area is 85.0 Å². The zero-order chi connectivity index (χ0) is 10.2. The van der Waals surface area contributed by atoms with E-state index in [-0.39, 0.29) is 0 Å². The number of hydrogen-bond acceptors (Lipinski definition) is 1. The molecule has 0 amide bonds. The summed E-state index contributed by atoms with van der Waals surface area (Å²) in [5, 5.41) is 0. The van der Waals surface area contributed by atoms with Gasteiger partial charge in [0.05, 0.1) is 0 Å². The molecule has 0 bridgehead atoms. The van der Waals surface area contributed by atoms with Crippen LogP contribution in [0.5, 0.6) is 0 Å². The van der Waals surface area contributed by atoms with Crippen LogP contribution in [0.25, 0.3) is 0 Å². The Morgan fingerprint density at radius 1 is 0.923 bits per heavy atom. The Hall–Kier alpha value is 0.177. The molecule has 0 unspecified atom stereocenters. The molecule has 0 radical (unpaired) electrons. The summed E-state index contributed by atoms with van der Waals surface area (Å²) in [4.78, 5) is 0. The van der Waals surface area contributed by atoms with Crippen molar-refractivity contribution in [2.45, 2.75) is 65.1 Å². The van der Waals surface area contributed by atoms with Crippen molar-refractivity contribution >= 4 is 8.32 Å². The van der Waals surface area contributed by atoms with Crippen LogP contribution < -0.4 is 0 Å². The zero-order valence-corrected chi connectivity index (χ0v) is 10.9. The molecule has 80 valence electrons. The van der Waals surface area contributed by atoms with E-state index >= 15 is 0 Å². The third-order valence-corrected chi connectivity index (χ3v) is 4.92. The summed E-state index contributed by atoms with van der Waals surface area (Å²) in [5.74, 6) is 0. The lowest BCUT2D eigenvalue weighted by Gasteiger charge is -2.22. The molecule has 0 aromatic rings. The van der Waals surface area contributed by atoms with Crippen LogP contribution in [0.1, 0.15) is 46.0 Å². The Kier molecular flexibility index (Phi) is 7.67. The fourth-order valence-corrected chi connectivity index (χ4v) is 3.42. The van der Waals surface area contributed by atoms with Gasteiger partial charge in [-0.2, -0.15) is 0 Å². The molecule has 2 heteroatoms. The van der Waals surface area contributed by atoms with Gasteiger partial charge in [-0.25, -0.2) is 0 Å². The molecule has 1 nitrogen and oxygen atoms in total. The first-order chi connectivity index (χ1) is 6.12. The molecule has 0 atom stereocenters. The quantitative estimate of drug-likeness (QED) is 0.423. The molecule has 0 aliphatic carbocycles. The van der Waals surface area contributed by atoms with Crippen molar-refractivity contribution in [1.29, 1.82) is 0 Å². The standard InChI is InChI=1S/C11H26OSi/c1-5-7-9-10-12-13(3,4)11-8-6-2/h5-11H2,1-4H3. The van der Waals surface area contributed by atoms with Gasteiger partial charge in [0.2, 0.25) is 0 Å². The van der Waals surface area contributed by atoms with Crippen molar-refractivity contribution in [1.82, 2.24) is 0 Å². The third-order valence-electron chi connectivity index (χ3n) is 2.37. The summed E-state index contributed by atoms with van der Waals surface area (Å²) in [6.07, 6.45) is 6.50. The first-order valence-corrected chi connectivity index (χ1v) is 8.88. The maximum absolute atomic E-state index is 5.97. The van der Waals surface area contributed by atoms with Gasteiger partial charge in [0, 0.05) is 6.61 Å². The first kappa shape index (κ1) is 13.2. The molecule has 0 rings (SSSR count). The molecule has 0 spiro atoms. The van der Waals surface area contributed by atoms with Crippen LogP contribution >= 0.6 is 0 Å². The maximum atomic E-state index is 5.97. The highest BCUT2D eigenvalue weighted by atomic mass is 28.4. The average Bonchev–Trinajstić information content (AvgIpc) is 2.09. The summed E-state index contributed by atoms with van der Waals surface area (Å²) in [6.45, 7) is 10.2. The predicted molar refractivity (Wildman–Crippen MR) is 62.7 cm³/mol. The maximum Gasteiger partial charge on any atom is 0.186 e. The van der Waals surface area contributed by atoms with Crippen molar-refractivity contribution in [3.05, 3.63) is 0 Å². The van der Waals surface area contributed by atoms with Gasteiger partial charge in [-0.05, 0) is 25.6 Å². The van der Waals surface area contributed by atoms with Crippen LogP contribution in [-0.2, 0) is 4.43 Å². The minimum absolute atomic E-state index is 0.997. The summed E-state index contributed by atoms with van der Waals surface area (Å²) in [5.41, 5.74) is 0. The molecule has 0 aliphatic rings. The summed E-state index contributed by atoms with van der Waals surface area (Å²) in [7, 11) is -1.27. The van der Waals surface area contributed by atoms with E-state index in [0.29, 0.717) is 0 Å². The molecule has 0 heterocycles. The van der Waals surface area contributed by atoms with E-state index in [4.69, 9.17) is 4.43 Å². The molecule has 0 saturated carbocycles. The lowest BCUT2D eigenvalue weighted by Crippen LogP contribution is -2.30. The average molecular weight is 202 g/mol. The lowest BCUT2D eigenvalue weighted by atomic mass is 10.3. The first-order valence-electron chi connectivity index (χ1n) is 5.76. The summed E-state index contributed by atoms with van der Waals surface area (Å²) in [6, 6.07) is 1.33. The largest absolute Gasteiger partial charge is 0.417 e. The van der Waals surface area contributed by atoms with E-state index < -0.39 is 8.32 Å². The lowest BCUT2D eigenvalue weighted by molar-refractivity contribution is 0.295. The third kappa shape index (κ3) is 8.51. The molecule has 0 aliphatic heterocycles. The van der Waals surface area contributed by atoms with E-state index in [1.54, 1.807) is 0 Å². The zero-order valence-electron chi connectivity index (χ0n) is 9.86.